The summed E-state index contributed by atoms with van der Waals surface area (Å²) in [4.78, 5) is 12.1. The Hall–Kier alpha value is -2.32. The van der Waals surface area contributed by atoms with Gasteiger partial charge in [0, 0.05) is 0 Å². The molecule has 0 aliphatic heterocycles. The van der Waals surface area contributed by atoms with Crippen LogP contribution in [0.15, 0.2) is 39.3 Å². The second kappa shape index (κ2) is 5.76. The predicted molar refractivity (Wildman–Crippen MR) is 80.5 cm³/mol. The van der Waals surface area contributed by atoms with Crippen LogP contribution in [0.1, 0.15) is 11.3 Å². The summed E-state index contributed by atoms with van der Waals surface area (Å²) in [5.74, 6) is 5.19. The van der Waals surface area contributed by atoms with E-state index < -0.39 is 5.56 Å². The number of nitrogens with one attached hydrogen (secondary N) is 2. The van der Waals surface area contributed by atoms with Gasteiger partial charge in [0.15, 0.2) is 5.69 Å². The zero-order valence-electron chi connectivity index (χ0n) is 11.0. The number of thiocarbonyl (C=S) groups is 1. The van der Waals surface area contributed by atoms with Crippen molar-refractivity contribution in [3.05, 3.63) is 45.9 Å². The van der Waals surface area contributed by atoms with Crippen molar-refractivity contribution < 1.29 is 0 Å². The van der Waals surface area contributed by atoms with Crippen molar-refractivity contribution in [2.75, 3.05) is 0 Å². The topological polar surface area (TPSA) is 101 Å². The molecule has 0 spiro atoms. The van der Waals surface area contributed by atoms with Crippen molar-refractivity contribution in [2.24, 2.45) is 16.1 Å². The van der Waals surface area contributed by atoms with Crippen molar-refractivity contribution >= 4 is 28.7 Å². The number of benzene rings is 1. The van der Waals surface area contributed by atoms with E-state index in [0.29, 0.717) is 11.4 Å². The highest BCUT2D eigenvalue weighted by Gasteiger charge is 2.12. The molecule has 4 N–H and O–H groups in total. The summed E-state index contributed by atoms with van der Waals surface area (Å²) in [6, 6.07) is 7.51. The smallest absolute Gasteiger partial charge is 0.299 e. The number of aromatic amines is 1. The Labute approximate surface area is 120 Å². The fourth-order valence-corrected chi connectivity index (χ4v) is 1.79. The lowest BCUT2D eigenvalue weighted by Gasteiger charge is -1.99. The van der Waals surface area contributed by atoms with Crippen molar-refractivity contribution in [1.29, 1.82) is 0 Å². The number of hydrogen-bond acceptors (Lipinski definition) is 5. The number of hydrazine groups is 1. The Morgan fingerprint density at radius 1 is 1.40 bits per heavy atom. The number of nitrogens with zero attached hydrogens (tertiary/aromatic N) is 3. The van der Waals surface area contributed by atoms with Crippen molar-refractivity contribution in [2.45, 2.75) is 13.8 Å². The van der Waals surface area contributed by atoms with Crippen molar-refractivity contribution in [3.8, 4) is 0 Å². The van der Waals surface area contributed by atoms with Gasteiger partial charge in [-0.2, -0.15) is 9.80 Å². The van der Waals surface area contributed by atoms with Crippen LogP contribution in [0.4, 0.5) is 11.4 Å². The lowest BCUT2D eigenvalue weighted by Crippen LogP contribution is -2.39. The molecule has 20 heavy (non-hydrogen) atoms. The van der Waals surface area contributed by atoms with Gasteiger partial charge in [0.05, 0.1) is 11.4 Å². The van der Waals surface area contributed by atoms with E-state index in [-0.39, 0.29) is 10.8 Å². The average molecular weight is 290 g/mol. The van der Waals surface area contributed by atoms with Gasteiger partial charge in [-0.25, -0.2) is 5.84 Å². The quantitative estimate of drug-likeness (QED) is 0.340. The largest absolute Gasteiger partial charge is 0.301 e. The molecular formula is C12H14N6OS. The second-order valence-electron chi connectivity index (χ2n) is 4.21. The Balaban J connectivity index is 2.37. The Kier molecular flexibility index (Phi) is 4.06. The third kappa shape index (κ3) is 2.81. The summed E-state index contributed by atoms with van der Waals surface area (Å²) in [6.07, 6.45) is 0. The van der Waals surface area contributed by atoms with Crippen LogP contribution in [0.5, 0.6) is 0 Å². The minimum Gasteiger partial charge on any atom is -0.299 e. The maximum Gasteiger partial charge on any atom is 0.301 e. The van der Waals surface area contributed by atoms with Gasteiger partial charge in [0.25, 0.3) is 0 Å². The minimum atomic E-state index is -0.401. The van der Waals surface area contributed by atoms with Gasteiger partial charge in [-0.3, -0.25) is 15.3 Å². The number of aryl methyl sites for hydroxylation is 2. The van der Waals surface area contributed by atoms with Crippen molar-refractivity contribution in [3.63, 3.8) is 0 Å². The molecule has 0 fully saturated rings. The molecular weight excluding hydrogens is 276 g/mol. The molecule has 0 aliphatic carbocycles. The van der Waals surface area contributed by atoms with Crippen LogP contribution in [-0.2, 0) is 0 Å². The standard InChI is InChI=1S/C12H14N6OS/c1-7-4-3-5-9(6-7)15-16-10-8(2)17-18(11(10)19)12(20)14-13/h3-6,17H,13H2,1-2H3,(H,14,20). The molecule has 0 amide bonds. The van der Waals surface area contributed by atoms with Crippen LogP contribution in [0.2, 0.25) is 0 Å². The lowest BCUT2D eigenvalue weighted by atomic mass is 10.2. The molecule has 2 rings (SSSR count). The van der Waals surface area contributed by atoms with E-state index in [1.165, 1.54) is 0 Å². The molecule has 8 heteroatoms. The number of H-pyrrole nitrogens is 1. The number of azo groups is 1. The van der Waals surface area contributed by atoms with Gasteiger partial charge in [-0.05, 0) is 43.8 Å². The summed E-state index contributed by atoms with van der Waals surface area (Å²) >= 11 is 4.90. The maximum absolute atomic E-state index is 12.1. The normalized spacial score (nSPS) is 10.9. The average Bonchev–Trinajstić information content (AvgIpc) is 2.71. The third-order valence-corrected chi connectivity index (χ3v) is 2.93. The summed E-state index contributed by atoms with van der Waals surface area (Å²) in [6.45, 7) is 3.67. The van der Waals surface area contributed by atoms with Crippen LogP contribution in [-0.4, -0.2) is 14.9 Å². The molecule has 1 aromatic carbocycles. The van der Waals surface area contributed by atoms with E-state index in [9.17, 15) is 4.79 Å². The van der Waals surface area contributed by atoms with E-state index in [2.05, 4.69) is 20.8 Å². The molecule has 1 aromatic heterocycles. The maximum atomic E-state index is 12.1. The van der Waals surface area contributed by atoms with Gasteiger partial charge >= 0.3 is 5.56 Å². The highest BCUT2D eigenvalue weighted by molar-refractivity contribution is 7.80. The summed E-state index contributed by atoms with van der Waals surface area (Å²) < 4.78 is 1.11. The number of aromatic nitrogens is 2. The summed E-state index contributed by atoms with van der Waals surface area (Å²) in [7, 11) is 0. The number of nitrogens with two attached hydrogens (primary N) is 1. The molecule has 104 valence electrons. The Morgan fingerprint density at radius 3 is 2.80 bits per heavy atom. The van der Waals surface area contributed by atoms with Crippen LogP contribution in [0.25, 0.3) is 0 Å². The van der Waals surface area contributed by atoms with E-state index in [0.717, 1.165) is 10.2 Å². The van der Waals surface area contributed by atoms with E-state index >= 15 is 0 Å². The second-order valence-corrected chi connectivity index (χ2v) is 4.60. The molecule has 0 atom stereocenters. The molecule has 0 radical (unpaired) electrons. The molecule has 7 nitrogen and oxygen atoms in total. The van der Waals surface area contributed by atoms with Gasteiger partial charge < -0.3 is 0 Å². The first-order chi connectivity index (χ1) is 9.52. The predicted octanol–water partition coefficient (Wildman–Crippen LogP) is 1.80. The van der Waals surface area contributed by atoms with Gasteiger partial charge in [-0.1, -0.05) is 12.1 Å². The highest BCUT2D eigenvalue weighted by atomic mass is 32.1. The summed E-state index contributed by atoms with van der Waals surface area (Å²) in [5, 5.41) is 10.9. The van der Waals surface area contributed by atoms with Gasteiger partial charge in [0.1, 0.15) is 0 Å². The molecule has 0 aliphatic rings. The summed E-state index contributed by atoms with van der Waals surface area (Å²) in [5.41, 5.74) is 4.34. The zero-order valence-corrected chi connectivity index (χ0v) is 11.9. The fraction of sp³-hybridized carbons (Fsp3) is 0.167. The number of hydrogen-bond donors (Lipinski definition) is 3. The Morgan fingerprint density at radius 2 is 2.15 bits per heavy atom. The molecule has 1 heterocycles. The van der Waals surface area contributed by atoms with E-state index in [1.807, 2.05) is 31.2 Å². The lowest BCUT2D eigenvalue weighted by molar-refractivity contribution is 0.840. The van der Waals surface area contributed by atoms with Crippen LogP contribution in [0, 0.1) is 13.8 Å². The first-order valence-electron chi connectivity index (χ1n) is 5.84. The van der Waals surface area contributed by atoms with Crippen LogP contribution < -0.4 is 16.8 Å². The minimum absolute atomic E-state index is 0.0649. The van der Waals surface area contributed by atoms with Gasteiger partial charge in [-0.15, -0.1) is 5.11 Å². The van der Waals surface area contributed by atoms with Gasteiger partial charge in [0.2, 0.25) is 5.11 Å². The van der Waals surface area contributed by atoms with E-state index in [1.54, 1.807) is 6.92 Å². The fourth-order valence-electron chi connectivity index (χ4n) is 1.66. The number of rotatable bonds is 2. The molecule has 0 unspecified atom stereocenters. The molecule has 0 saturated carbocycles. The van der Waals surface area contributed by atoms with Crippen LogP contribution in [0.3, 0.4) is 0 Å². The first-order valence-corrected chi connectivity index (χ1v) is 6.24. The monoisotopic (exact) mass is 290 g/mol. The molecule has 0 bridgehead atoms. The third-order valence-electron chi connectivity index (χ3n) is 2.63. The van der Waals surface area contributed by atoms with Crippen LogP contribution >= 0.6 is 12.2 Å². The molecule has 2 aromatic rings. The SMILES string of the molecule is Cc1cccc(N=Nc2c(C)[nH]n(C(=S)NN)c2=O)c1. The van der Waals surface area contributed by atoms with Crippen molar-refractivity contribution in [1.82, 2.24) is 15.2 Å². The Bertz CT molecular complexity index is 730. The zero-order chi connectivity index (χ0) is 14.7. The van der Waals surface area contributed by atoms with E-state index in [4.69, 9.17) is 18.1 Å². The highest BCUT2D eigenvalue weighted by Crippen LogP contribution is 2.18. The molecule has 0 saturated heterocycles. The first kappa shape index (κ1) is 14.1.